The molecular weight excluding hydrogens is 498 g/mol. The van der Waals surface area contributed by atoms with Crippen LogP contribution < -0.4 is 0 Å². The van der Waals surface area contributed by atoms with Gasteiger partial charge in [-0.05, 0) is 12.8 Å². The molecule has 0 aromatic heterocycles. The second-order valence-corrected chi connectivity index (χ2v) is 12.0. The van der Waals surface area contributed by atoms with Crippen molar-refractivity contribution < 1.29 is 0 Å². The molecule has 0 N–H and O–H groups in total. The van der Waals surface area contributed by atoms with Crippen molar-refractivity contribution in [2.45, 2.75) is 29.0 Å². The number of alkyl halides is 7. The first-order valence-corrected chi connectivity index (χ1v) is 7.77. The predicted molar refractivity (Wildman–Crippen MR) is 74.5 cm³/mol. The van der Waals surface area contributed by atoms with Crippen molar-refractivity contribution in [2.24, 2.45) is 0 Å². The fraction of sp³-hybridized carbons (Fsp3) is 1.00. The third kappa shape index (κ3) is 2.25. The van der Waals surface area contributed by atoms with Crippen LogP contribution in [0.4, 0.5) is 0 Å². The van der Waals surface area contributed by atoms with Gasteiger partial charge in [0.2, 0.25) is 0 Å². The summed E-state index contributed by atoms with van der Waals surface area (Å²) >= 11 is 32.3. The van der Waals surface area contributed by atoms with Crippen LogP contribution in [0.5, 0.6) is 0 Å². The van der Waals surface area contributed by atoms with Crippen molar-refractivity contribution in [2.75, 3.05) is 0 Å². The zero-order chi connectivity index (χ0) is 10.5. The summed E-state index contributed by atoms with van der Waals surface area (Å²) in [6.07, 6.45) is 1.56. The number of rotatable bonds is 0. The van der Waals surface area contributed by atoms with Crippen LogP contribution in [0.2, 0.25) is 0 Å². The van der Waals surface area contributed by atoms with Gasteiger partial charge in [-0.1, -0.05) is 86.9 Å². The van der Waals surface area contributed by atoms with E-state index < -0.39 is 10.8 Å². The SMILES string of the molecule is ClC1CCC(Br)(Br)C(Br)(Br)C1(Cl)Cl. The van der Waals surface area contributed by atoms with Gasteiger partial charge in [0.25, 0.3) is 0 Å². The minimum atomic E-state index is -1.08. The van der Waals surface area contributed by atoms with Crippen LogP contribution >= 0.6 is 98.5 Å². The molecule has 0 aliphatic heterocycles. The normalized spacial score (nSPS) is 35.8. The first kappa shape index (κ1) is 13.9. The molecule has 1 unspecified atom stereocenters. The number of halogens is 7. The molecule has 0 amide bonds. The molecule has 1 aliphatic carbocycles. The van der Waals surface area contributed by atoms with Gasteiger partial charge in [-0.2, -0.15) is 0 Å². The average molecular weight is 503 g/mol. The monoisotopic (exact) mass is 498 g/mol. The van der Waals surface area contributed by atoms with Gasteiger partial charge in [-0.25, -0.2) is 0 Å². The van der Waals surface area contributed by atoms with Gasteiger partial charge in [-0.15, -0.1) is 11.6 Å². The molecule has 0 bridgehead atoms. The lowest BCUT2D eigenvalue weighted by Crippen LogP contribution is -2.56. The van der Waals surface area contributed by atoms with Crippen LogP contribution in [-0.4, -0.2) is 16.2 Å². The van der Waals surface area contributed by atoms with Crippen LogP contribution in [-0.2, 0) is 0 Å². The topological polar surface area (TPSA) is 0 Å². The molecule has 13 heavy (non-hydrogen) atoms. The lowest BCUT2D eigenvalue weighted by molar-refractivity contribution is 0.482. The highest BCUT2D eigenvalue weighted by molar-refractivity contribution is 9.30. The smallest absolute Gasteiger partial charge is 0.120 e. The van der Waals surface area contributed by atoms with Gasteiger partial charge < -0.3 is 0 Å². The largest absolute Gasteiger partial charge is 0.161 e. The van der Waals surface area contributed by atoms with E-state index in [0.717, 1.165) is 12.8 Å². The molecule has 0 radical (unpaired) electrons. The maximum absolute atomic E-state index is 6.18. The summed E-state index contributed by atoms with van der Waals surface area (Å²) in [5.74, 6) is 0. The Morgan fingerprint density at radius 1 is 1.08 bits per heavy atom. The Bertz CT molecular complexity index is 216. The summed E-state index contributed by atoms with van der Waals surface area (Å²) in [5.41, 5.74) is 0. The van der Waals surface area contributed by atoms with E-state index >= 15 is 0 Å². The molecule has 1 atom stereocenters. The lowest BCUT2D eigenvalue weighted by Gasteiger charge is -2.49. The third-order valence-electron chi connectivity index (χ3n) is 1.98. The zero-order valence-electron chi connectivity index (χ0n) is 6.14. The Morgan fingerprint density at radius 2 is 1.54 bits per heavy atom. The standard InChI is InChI=1S/C6H5Br4Cl3/c7-4(8)2-1-3(11)5(12,13)6(4,9)10/h3H,1-2H2. The minimum absolute atomic E-state index is 0.294. The highest BCUT2D eigenvalue weighted by atomic mass is 79.9. The summed E-state index contributed by atoms with van der Waals surface area (Å²) in [6, 6.07) is 0. The van der Waals surface area contributed by atoms with Gasteiger partial charge in [-0.3, -0.25) is 0 Å². The molecule has 0 aromatic rings. The van der Waals surface area contributed by atoms with Gasteiger partial charge in [0.15, 0.2) is 4.33 Å². The van der Waals surface area contributed by atoms with Gasteiger partial charge in [0, 0.05) is 0 Å². The highest BCUT2D eigenvalue weighted by Crippen LogP contribution is 2.65. The van der Waals surface area contributed by atoms with Crippen LogP contribution in [0.3, 0.4) is 0 Å². The molecule has 78 valence electrons. The summed E-state index contributed by atoms with van der Waals surface area (Å²) in [6.45, 7) is 0. The van der Waals surface area contributed by atoms with Crippen molar-refractivity contribution in [3.63, 3.8) is 0 Å². The number of hydrogen-bond donors (Lipinski definition) is 0. The van der Waals surface area contributed by atoms with E-state index in [0.29, 0.717) is 0 Å². The molecule has 1 rings (SSSR count). The van der Waals surface area contributed by atoms with E-state index in [-0.39, 0.29) is 5.38 Å². The van der Waals surface area contributed by atoms with Crippen LogP contribution in [0.1, 0.15) is 12.8 Å². The van der Waals surface area contributed by atoms with Crippen molar-refractivity contribution in [3.05, 3.63) is 0 Å². The average Bonchev–Trinajstić information content (AvgIpc) is 1.97. The van der Waals surface area contributed by atoms with E-state index in [9.17, 15) is 0 Å². The second kappa shape index (κ2) is 4.23. The lowest BCUT2D eigenvalue weighted by atomic mass is 9.98. The van der Waals surface area contributed by atoms with Gasteiger partial charge in [0.05, 0.1) is 5.38 Å². The predicted octanol–water partition coefficient (Wildman–Crippen LogP) is 5.53. The molecule has 0 aromatic carbocycles. The van der Waals surface area contributed by atoms with Crippen LogP contribution in [0, 0.1) is 0 Å². The Labute approximate surface area is 126 Å². The van der Waals surface area contributed by atoms with Gasteiger partial charge in [0.1, 0.15) is 6.47 Å². The molecule has 7 heteroatoms. The molecule has 0 nitrogen and oxygen atoms in total. The molecule has 1 fully saturated rings. The summed E-state index contributed by atoms with van der Waals surface area (Å²) in [5, 5.41) is -0.294. The van der Waals surface area contributed by atoms with E-state index in [1.54, 1.807) is 0 Å². The Kier molecular flexibility index (Phi) is 4.51. The van der Waals surface area contributed by atoms with Gasteiger partial charge >= 0.3 is 0 Å². The second-order valence-electron chi connectivity index (χ2n) is 2.91. The zero-order valence-corrected chi connectivity index (χ0v) is 14.7. The van der Waals surface area contributed by atoms with Crippen molar-refractivity contribution in [1.29, 1.82) is 0 Å². The van der Waals surface area contributed by atoms with E-state index in [4.69, 9.17) is 34.8 Å². The summed E-state index contributed by atoms with van der Waals surface area (Å²) in [7, 11) is 0. The van der Waals surface area contributed by atoms with E-state index in [2.05, 4.69) is 63.7 Å². The minimum Gasteiger partial charge on any atom is -0.120 e. The Balaban J connectivity index is 3.07. The first-order chi connectivity index (χ1) is 5.63. The maximum atomic E-state index is 6.18. The maximum Gasteiger partial charge on any atom is 0.161 e. The Morgan fingerprint density at radius 3 is 1.92 bits per heavy atom. The molecule has 0 heterocycles. The van der Waals surface area contributed by atoms with Crippen LogP contribution in [0.15, 0.2) is 0 Å². The van der Waals surface area contributed by atoms with E-state index in [1.165, 1.54) is 0 Å². The van der Waals surface area contributed by atoms with Crippen molar-refractivity contribution in [1.82, 2.24) is 0 Å². The molecule has 0 spiro atoms. The Hall–Kier alpha value is 2.79. The molecule has 1 saturated carbocycles. The molecule has 1 aliphatic rings. The van der Waals surface area contributed by atoms with Crippen molar-refractivity contribution >= 4 is 98.5 Å². The van der Waals surface area contributed by atoms with Crippen LogP contribution in [0.25, 0.3) is 0 Å². The fourth-order valence-corrected chi connectivity index (χ4v) is 4.65. The number of hydrogen-bond acceptors (Lipinski definition) is 0. The highest BCUT2D eigenvalue weighted by Gasteiger charge is 2.64. The molecule has 0 saturated heterocycles. The quantitative estimate of drug-likeness (QED) is 0.382. The van der Waals surface area contributed by atoms with Crippen molar-refractivity contribution in [3.8, 4) is 0 Å². The molecular formula is C6H5Br4Cl3. The third-order valence-corrected chi connectivity index (χ3v) is 11.5. The van der Waals surface area contributed by atoms with E-state index in [1.807, 2.05) is 0 Å². The fourth-order valence-electron chi connectivity index (χ4n) is 1.09. The first-order valence-electron chi connectivity index (χ1n) is 3.40. The summed E-state index contributed by atoms with van der Waals surface area (Å²) < 4.78 is -2.19. The summed E-state index contributed by atoms with van der Waals surface area (Å²) in [4.78, 5) is 0.